The molecule has 0 saturated carbocycles. The van der Waals surface area contributed by atoms with Crippen molar-refractivity contribution < 1.29 is 22.0 Å². The molecule has 3 rings (SSSR count). The van der Waals surface area contributed by atoms with Crippen LogP contribution < -0.4 is 5.32 Å². The third-order valence-corrected chi connectivity index (χ3v) is 5.25. The van der Waals surface area contributed by atoms with Gasteiger partial charge in [-0.1, -0.05) is 17.7 Å². The Bertz CT molecular complexity index is 1040. The summed E-state index contributed by atoms with van der Waals surface area (Å²) >= 11 is 0. The van der Waals surface area contributed by atoms with Crippen LogP contribution in [0.15, 0.2) is 69.1 Å². The van der Waals surface area contributed by atoms with Crippen LogP contribution in [0, 0.1) is 12.7 Å². The van der Waals surface area contributed by atoms with Gasteiger partial charge in [-0.05, 0) is 43.3 Å². The number of nitrogens with zero attached hydrogens (tertiary/aromatic N) is 1. The molecular formula is C18H15FN2O4S. The lowest BCUT2D eigenvalue weighted by Gasteiger charge is -2.03. The van der Waals surface area contributed by atoms with E-state index in [-0.39, 0.29) is 22.3 Å². The lowest BCUT2D eigenvalue weighted by Crippen LogP contribution is -2.22. The lowest BCUT2D eigenvalue weighted by atomic mass is 10.2. The molecule has 0 aliphatic rings. The van der Waals surface area contributed by atoms with Gasteiger partial charge in [-0.15, -0.1) is 0 Å². The van der Waals surface area contributed by atoms with E-state index in [9.17, 15) is 17.6 Å². The molecule has 0 spiro atoms. The summed E-state index contributed by atoms with van der Waals surface area (Å²) in [6, 6.07) is 11.2. The Morgan fingerprint density at radius 3 is 2.58 bits per heavy atom. The molecule has 2 aromatic heterocycles. The Labute approximate surface area is 149 Å². The molecule has 8 heteroatoms. The van der Waals surface area contributed by atoms with Crippen molar-refractivity contribution in [2.75, 3.05) is 0 Å². The third-order valence-electron chi connectivity index (χ3n) is 3.61. The van der Waals surface area contributed by atoms with Crippen LogP contribution in [0.1, 0.15) is 21.8 Å². The smallest absolute Gasteiger partial charge is 0.287 e. The zero-order valence-corrected chi connectivity index (χ0v) is 14.6. The summed E-state index contributed by atoms with van der Waals surface area (Å²) in [6.07, 6.45) is 1.29. The number of furan rings is 1. The molecule has 0 aliphatic carbocycles. The Balaban J connectivity index is 1.74. The first-order valence-corrected chi connectivity index (χ1v) is 9.15. The maximum Gasteiger partial charge on any atom is 0.287 e. The molecule has 1 N–H and O–H groups in total. The van der Waals surface area contributed by atoms with Crippen molar-refractivity contribution in [1.82, 2.24) is 10.3 Å². The molecule has 0 aliphatic heterocycles. The van der Waals surface area contributed by atoms with Crippen LogP contribution in [0.3, 0.4) is 0 Å². The molecule has 0 unspecified atom stereocenters. The van der Waals surface area contributed by atoms with E-state index in [0.29, 0.717) is 5.69 Å². The van der Waals surface area contributed by atoms with E-state index in [1.165, 1.54) is 42.6 Å². The van der Waals surface area contributed by atoms with Crippen molar-refractivity contribution in [2.24, 2.45) is 0 Å². The Morgan fingerprint density at radius 1 is 1.15 bits per heavy atom. The highest BCUT2D eigenvalue weighted by molar-refractivity contribution is 7.91. The maximum atomic E-state index is 13.1. The zero-order valence-electron chi connectivity index (χ0n) is 13.8. The van der Waals surface area contributed by atoms with Gasteiger partial charge in [0.2, 0.25) is 14.9 Å². The summed E-state index contributed by atoms with van der Waals surface area (Å²) in [5, 5.41) is 2.17. The van der Waals surface area contributed by atoms with Crippen LogP contribution in [-0.2, 0) is 16.4 Å². The number of carbonyl (C=O) groups excluding carboxylic acids is 1. The first-order chi connectivity index (χ1) is 12.4. The predicted molar refractivity (Wildman–Crippen MR) is 90.7 cm³/mol. The molecule has 2 heterocycles. The van der Waals surface area contributed by atoms with Crippen molar-refractivity contribution in [1.29, 1.82) is 0 Å². The van der Waals surface area contributed by atoms with Crippen LogP contribution in [-0.4, -0.2) is 19.3 Å². The quantitative estimate of drug-likeness (QED) is 0.742. The second-order valence-electron chi connectivity index (χ2n) is 5.58. The zero-order chi connectivity index (χ0) is 18.7. The lowest BCUT2D eigenvalue weighted by molar-refractivity contribution is 0.0917. The fourth-order valence-electron chi connectivity index (χ4n) is 2.22. The molecule has 1 aromatic carbocycles. The van der Waals surface area contributed by atoms with E-state index in [2.05, 4.69) is 10.3 Å². The van der Waals surface area contributed by atoms with Crippen LogP contribution in [0.25, 0.3) is 0 Å². The number of aryl methyl sites for hydroxylation is 1. The molecule has 0 radical (unpaired) electrons. The van der Waals surface area contributed by atoms with Crippen molar-refractivity contribution in [2.45, 2.75) is 23.5 Å². The van der Waals surface area contributed by atoms with Gasteiger partial charge in [-0.2, -0.15) is 0 Å². The van der Waals surface area contributed by atoms with Gasteiger partial charge < -0.3 is 9.73 Å². The summed E-state index contributed by atoms with van der Waals surface area (Å²) in [6.45, 7) is 1.83. The highest BCUT2D eigenvalue weighted by atomic mass is 32.2. The number of nitrogens with one attached hydrogen (secondary N) is 1. The van der Waals surface area contributed by atoms with E-state index in [1.54, 1.807) is 12.1 Å². The normalized spacial score (nSPS) is 11.3. The van der Waals surface area contributed by atoms with Gasteiger partial charge in [0.25, 0.3) is 5.91 Å². The monoisotopic (exact) mass is 374 g/mol. The van der Waals surface area contributed by atoms with Crippen molar-refractivity contribution in [3.05, 3.63) is 77.6 Å². The second-order valence-corrected chi connectivity index (χ2v) is 7.46. The average Bonchev–Trinajstić information content (AvgIpc) is 3.11. The third kappa shape index (κ3) is 3.80. The maximum absolute atomic E-state index is 13.1. The molecular weight excluding hydrogens is 359 g/mol. The SMILES string of the molecule is Cc1ccc(S(=O)(=O)c2ccc(C(=O)NCc3cc(F)ccn3)o2)cc1. The first kappa shape index (κ1) is 17.8. The van der Waals surface area contributed by atoms with Gasteiger partial charge in [-0.25, -0.2) is 12.8 Å². The summed E-state index contributed by atoms with van der Waals surface area (Å²) in [7, 11) is -3.85. The highest BCUT2D eigenvalue weighted by Crippen LogP contribution is 2.23. The summed E-state index contributed by atoms with van der Waals surface area (Å²) in [5.74, 6) is -1.25. The Kier molecular flexibility index (Phi) is 4.85. The van der Waals surface area contributed by atoms with Gasteiger partial charge in [0.05, 0.1) is 17.1 Å². The number of benzene rings is 1. The molecule has 3 aromatic rings. The van der Waals surface area contributed by atoms with Gasteiger partial charge in [0.1, 0.15) is 5.82 Å². The number of hydrogen-bond acceptors (Lipinski definition) is 5. The average molecular weight is 374 g/mol. The summed E-state index contributed by atoms with van der Waals surface area (Å²) in [4.78, 5) is 16.1. The first-order valence-electron chi connectivity index (χ1n) is 7.66. The van der Waals surface area contributed by atoms with E-state index in [0.717, 1.165) is 5.56 Å². The minimum Gasteiger partial charge on any atom is -0.439 e. The fraction of sp³-hybridized carbons (Fsp3) is 0.111. The topological polar surface area (TPSA) is 89.3 Å². The molecule has 0 fully saturated rings. The number of pyridine rings is 1. The molecule has 6 nitrogen and oxygen atoms in total. The van der Waals surface area contributed by atoms with E-state index >= 15 is 0 Å². The Hall–Kier alpha value is -3.00. The fourth-order valence-corrected chi connectivity index (χ4v) is 3.40. The summed E-state index contributed by atoms with van der Waals surface area (Å²) < 4.78 is 43.4. The highest BCUT2D eigenvalue weighted by Gasteiger charge is 2.23. The number of carbonyl (C=O) groups is 1. The largest absolute Gasteiger partial charge is 0.439 e. The van der Waals surface area contributed by atoms with E-state index < -0.39 is 21.6 Å². The van der Waals surface area contributed by atoms with Crippen molar-refractivity contribution in [3.8, 4) is 0 Å². The van der Waals surface area contributed by atoms with Gasteiger partial charge in [0.15, 0.2) is 5.76 Å². The standard InChI is InChI=1S/C18H15FN2O4S/c1-12-2-4-15(5-3-12)26(23,24)17-7-6-16(25-17)18(22)21-11-14-10-13(19)8-9-20-14/h2-10H,11H2,1H3,(H,21,22). The van der Waals surface area contributed by atoms with Crippen LogP contribution in [0.2, 0.25) is 0 Å². The van der Waals surface area contributed by atoms with E-state index in [4.69, 9.17) is 4.42 Å². The minimum absolute atomic E-state index is 0.0165. The summed E-state index contributed by atoms with van der Waals surface area (Å²) in [5.41, 5.74) is 1.26. The van der Waals surface area contributed by atoms with Gasteiger partial charge >= 0.3 is 0 Å². The number of rotatable bonds is 5. The molecule has 0 atom stereocenters. The number of aromatic nitrogens is 1. The predicted octanol–water partition coefficient (Wildman–Crippen LogP) is 2.88. The van der Waals surface area contributed by atoms with Crippen molar-refractivity contribution in [3.63, 3.8) is 0 Å². The molecule has 26 heavy (non-hydrogen) atoms. The minimum atomic E-state index is -3.85. The molecule has 134 valence electrons. The van der Waals surface area contributed by atoms with Crippen LogP contribution in [0.4, 0.5) is 4.39 Å². The van der Waals surface area contributed by atoms with Crippen LogP contribution >= 0.6 is 0 Å². The van der Waals surface area contributed by atoms with Gasteiger partial charge in [0, 0.05) is 6.20 Å². The number of halogens is 1. The molecule has 0 bridgehead atoms. The Morgan fingerprint density at radius 2 is 1.88 bits per heavy atom. The second kappa shape index (κ2) is 7.09. The number of hydrogen-bond donors (Lipinski definition) is 1. The molecule has 1 amide bonds. The number of sulfone groups is 1. The number of amides is 1. The van der Waals surface area contributed by atoms with Gasteiger partial charge in [-0.3, -0.25) is 9.78 Å². The van der Waals surface area contributed by atoms with Crippen molar-refractivity contribution >= 4 is 15.7 Å². The molecule has 0 saturated heterocycles. The van der Waals surface area contributed by atoms with E-state index in [1.807, 2.05) is 6.92 Å². The van der Waals surface area contributed by atoms with Crippen LogP contribution in [0.5, 0.6) is 0 Å².